The Balaban J connectivity index is 0.00000161. The second-order valence-electron chi connectivity index (χ2n) is 5.64. The smallest absolute Gasteiger partial charge is 0.130 e. The van der Waals surface area contributed by atoms with Crippen LogP contribution in [0.1, 0.15) is 24.0 Å². The minimum absolute atomic E-state index is 0. The Bertz CT molecular complexity index is 518. The second-order valence-corrected chi connectivity index (χ2v) is 5.64. The van der Waals surface area contributed by atoms with Gasteiger partial charge in [0.1, 0.15) is 5.60 Å². The van der Waals surface area contributed by atoms with Crippen LogP contribution in [0.5, 0.6) is 0 Å². The molecule has 0 amide bonds. The molecule has 0 bridgehead atoms. The van der Waals surface area contributed by atoms with Gasteiger partial charge in [0, 0.05) is 6.04 Å². The van der Waals surface area contributed by atoms with E-state index in [0.717, 1.165) is 30.5 Å². The SMILES string of the molecule is CN1CCCC1C(O)(c1ccccc1)c1ccccc1.Cl. The number of likely N-dealkylation sites (N-methyl/N-ethyl adjacent to an activating group) is 1. The quantitative estimate of drug-likeness (QED) is 0.939. The zero-order valence-corrected chi connectivity index (χ0v) is 13.1. The Morgan fingerprint density at radius 3 is 1.81 bits per heavy atom. The fourth-order valence-electron chi connectivity index (χ4n) is 3.37. The Kier molecular flexibility index (Phi) is 5.04. The summed E-state index contributed by atoms with van der Waals surface area (Å²) in [6.07, 6.45) is 2.17. The van der Waals surface area contributed by atoms with Crippen LogP contribution < -0.4 is 0 Å². The molecule has 21 heavy (non-hydrogen) atoms. The lowest BCUT2D eigenvalue weighted by molar-refractivity contribution is 0.00469. The summed E-state index contributed by atoms with van der Waals surface area (Å²) in [5.41, 5.74) is 1.02. The maximum Gasteiger partial charge on any atom is 0.130 e. The molecule has 1 unspecified atom stereocenters. The van der Waals surface area contributed by atoms with Gasteiger partial charge in [-0.25, -0.2) is 0 Å². The monoisotopic (exact) mass is 303 g/mol. The Labute approximate surface area is 132 Å². The molecule has 0 aromatic heterocycles. The van der Waals surface area contributed by atoms with E-state index in [0.29, 0.717) is 0 Å². The lowest BCUT2D eigenvalue weighted by atomic mass is 9.79. The highest BCUT2D eigenvalue weighted by Crippen LogP contribution is 2.39. The van der Waals surface area contributed by atoms with E-state index in [1.807, 2.05) is 60.7 Å². The lowest BCUT2D eigenvalue weighted by Gasteiger charge is -2.38. The highest BCUT2D eigenvalue weighted by Gasteiger charge is 2.43. The molecular formula is C18H22ClNO. The van der Waals surface area contributed by atoms with Gasteiger partial charge in [-0.3, -0.25) is 4.90 Å². The molecule has 0 spiro atoms. The van der Waals surface area contributed by atoms with Gasteiger partial charge in [0.2, 0.25) is 0 Å². The molecule has 0 saturated carbocycles. The maximum absolute atomic E-state index is 11.6. The first-order valence-electron chi connectivity index (χ1n) is 7.26. The van der Waals surface area contributed by atoms with Crippen molar-refractivity contribution in [3.63, 3.8) is 0 Å². The fourth-order valence-corrected chi connectivity index (χ4v) is 3.37. The van der Waals surface area contributed by atoms with E-state index in [4.69, 9.17) is 0 Å². The van der Waals surface area contributed by atoms with Crippen molar-refractivity contribution in [3.8, 4) is 0 Å². The molecule has 1 aliphatic heterocycles. The Hall–Kier alpha value is -1.35. The summed E-state index contributed by atoms with van der Waals surface area (Å²) in [6, 6.07) is 20.2. The molecule has 1 fully saturated rings. The minimum atomic E-state index is -0.937. The molecule has 2 aromatic rings. The van der Waals surface area contributed by atoms with Crippen LogP contribution in [0.15, 0.2) is 60.7 Å². The summed E-state index contributed by atoms with van der Waals surface area (Å²) in [4.78, 5) is 2.28. The standard InChI is InChI=1S/C18H21NO.ClH/c1-19-14-8-13-17(19)18(20,15-9-4-2-5-10-15)16-11-6-3-7-12-16;/h2-7,9-12,17,20H,8,13-14H2,1H3;1H. The number of likely N-dealkylation sites (tertiary alicyclic amines) is 1. The van der Waals surface area contributed by atoms with Crippen LogP contribution in [0.4, 0.5) is 0 Å². The molecule has 1 heterocycles. The number of rotatable bonds is 3. The molecule has 0 radical (unpaired) electrons. The number of hydrogen-bond donors (Lipinski definition) is 1. The number of halogens is 1. The first-order valence-corrected chi connectivity index (χ1v) is 7.26. The largest absolute Gasteiger partial charge is 0.379 e. The average Bonchev–Trinajstić information content (AvgIpc) is 2.95. The van der Waals surface area contributed by atoms with Gasteiger partial charge in [-0.15, -0.1) is 12.4 Å². The molecule has 1 atom stereocenters. The van der Waals surface area contributed by atoms with Crippen molar-refractivity contribution < 1.29 is 5.11 Å². The first kappa shape index (κ1) is 16.0. The third-order valence-electron chi connectivity index (χ3n) is 4.43. The van der Waals surface area contributed by atoms with E-state index >= 15 is 0 Å². The van der Waals surface area contributed by atoms with Gasteiger partial charge in [-0.05, 0) is 37.6 Å². The van der Waals surface area contributed by atoms with Crippen molar-refractivity contribution >= 4 is 12.4 Å². The summed E-state index contributed by atoms with van der Waals surface area (Å²) in [7, 11) is 2.11. The lowest BCUT2D eigenvalue weighted by Crippen LogP contribution is -2.46. The maximum atomic E-state index is 11.6. The second kappa shape index (κ2) is 6.61. The van der Waals surface area contributed by atoms with Crippen LogP contribution in [-0.4, -0.2) is 29.6 Å². The molecule has 3 heteroatoms. The highest BCUT2D eigenvalue weighted by atomic mass is 35.5. The normalized spacial score (nSPS) is 19.2. The van der Waals surface area contributed by atoms with Gasteiger partial charge in [0.25, 0.3) is 0 Å². The Morgan fingerprint density at radius 1 is 0.952 bits per heavy atom. The van der Waals surface area contributed by atoms with Crippen LogP contribution in [-0.2, 0) is 5.60 Å². The number of aliphatic hydroxyl groups is 1. The van der Waals surface area contributed by atoms with E-state index in [1.54, 1.807) is 0 Å². The summed E-state index contributed by atoms with van der Waals surface area (Å²) in [6.45, 7) is 1.05. The third kappa shape index (κ3) is 2.84. The van der Waals surface area contributed by atoms with Crippen LogP contribution in [0.25, 0.3) is 0 Å². The van der Waals surface area contributed by atoms with Crippen molar-refractivity contribution in [2.75, 3.05) is 13.6 Å². The van der Waals surface area contributed by atoms with E-state index in [-0.39, 0.29) is 18.4 Å². The molecule has 0 aliphatic carbocycles. The zero-order chi connectivity index (χ0) is 14.0. The summed E-state index contributed by atoms with van der Waals surface area (Å²) < 4.78 is 0. The summed E-state index contributed by atoms with van der Waals surface area (Å²) in [5, 5.41) is 11.6. The van der Waals surface area contributed by atoms with Crippen molar-refractivity contribution in [1.29, 1.82) is 0 Å². The summed E-state index contributed by atoms with van der Waals surface area (Å²) in [5.74, 6) is 0. The van der Waals surface area contributed by atoms with Crippen molar-refractivity contribution in [3.05, 3.63) is 71.8 Å². The van der Waals surface area contributed by atoms with E-state index in [2.05, 4.69) is 11.9 Å². The number of nitrogens with zero attached hydrogens (tertiary/aromatic N) is 1. The van der Waals surface area contributed by atoms with Crippen molar-refractivity contribution in [2.45, 2.75) is 24.5 Å². The van der Waals surface area contributed by atoms with Gasteiger partial charge in [0.05, 0.1) is 0 Å². The highest BCUT2D eigenvalue weighted by molar-refractivity contribution is 5.85. The molecule has 1 saturated heterocycles. The molecule has 3 rings (SSSR count). The van der Waals surface area contributed by atoms with Gasteiger partial charge >= 0.3 is 0 Å². The predicted octanol–water partition coefficient (Wildman–Crippen LogP) is 3.44. The molecule has 1 aliphatic rings. The van der Waals surface area contributed by atoms with E-state index in [9.17, 15) is 5.11 Å². The van der Waals surface area contributed by atoms with Gasteiger partial charge in [0.15, 0.2) is 0 Å². The zero-order valence-electron chi connectivity index (χ0n) is 12.3. The minimum Gasteiger partial charge on any atom is -0.379 e. The van der Waals surface area contributed by atoms with Crippen LogP contribution >= 0.6 is 12.4 Å². The third-order valence-corrected chi connectivity index (χ3v) is 4.43. The number of benzene rings is 2. The van der Waals surface area contributed by atoms with Crippen LogP contribution in [0.2, 0.25) is 0 Å². The summed E-state index contributed by atoms with van der Waals surface area (Å²) >= 11 is 0. The van der Waals surface area contributed by atoms with E-state index in [1.165, 1.54) is 0 Å². The predicted molar refractivity (Wildman–Crippen MR) is 88.8 cm³/mol. The molecular weight excluding hydrogens is 282 g/mol. The average molecular weight is 304 g/mol. The van der Waals surface area contributed by atoms with Crippen molar-refractivity contribution in [1.82, 2.24) is 4.90 Å². The van der Waals surface area contributed by atoms with E-state index < -0.39 is 5.60 Å². The molecule has 2 aromatic carbocycles. The Morgan fingerprint density at radius 2 is 1.43 bits per heavy atom. The molecule has 112 valence electrons. The van der Waals surface area contributed by atoms with Crippen LogP contribution in [0.3, 0.4) is 0 Å². The fraction of sp³-hybridized carbons (Fsp3) is 0.333. The first-order chi connectivity index (χ1) is 9.73. The van der Waals surface area contributed by atoms with Crippen molar-refractivity contribution in [2.24, 2.45) is 0 Å². The van der Waals surface area contributed by atoms with Gasteiger partial charge in [-0.1, -0.05) is 60.7 Å². The molecule has 1 N–H and O–H groups in total. The van der Waals surface area contributed by atoms with Gasteiger partial charge < -0.3 is 5.11 Å². The van der Waals surface area contributed by atoms with Crippen LogP contribution in [0, 0.1) is 0 Å². The van der Waals surface area contributed by atoms with Gasteiger partial charge in [-0.2, -0.15) is 0 Å². The molecule has 2 nitrogen and oxygen atoms in total. The number of hydrogen-bond acceptors (Lipinski definition) is 2. The topological polar surface area (TPSA) is 23.5 Å².